The summed E-state index contributed by atoms with van der Waals surface area (Å²) in [5, 5.41) is 3.58. The fourth-order valence-electron chi connectivity index (χ4n) is 4.02. The lowest BCUT2D eigenvalue weighted by Crippen LogP contribution is -2.48. The largest absolute Gasteiger partial charge is 0.495 e. The van der Waals surface area contributed by atoms with Crippen LogP contribution in [0.2, 0.25) is 5.02 Å². The van der Waals surface area contributed by atoms with Crippen molar-refractivity contribution >= 4 is 23.2 Å². The van der Waals surface area contributed by atoms with Crippen molar-refractivity contribution in [3.63, 3.8) is 0 Å². The van der Waals surface area contributed by atoms with Crippen molar-refractivity contribution in [1.29, 1.82) is 0 Å². The molecule has 1 N–H and O–H groups in total. The molecule has 0 bridgehead atoms. The van der Waals surface area contributed by atoms with Crippen molar-refractivity contribution in [3.05, 3.63) is 52.0 Å². The zero-order valence-corrected chi connectivity index (χ0v) is 18.3. The minimum Gasteiger partial charge on any atom is -0.495 e. The first-order chi connectivity index (χ1) is 14.5. The van der Waals surface area contributed by atoms with Crippen LogP contribution in [0.3, 0.4) is 0 Å². The summed E-state index contributed by atoms with van der Waals surface area (Å²) in [5.74, 6) is 1.56. The number of hydrogen-bond donors (Lipinski definition) is 1. The predicted octanol–water partition coefficient (Wildman–Crippen LogP) is 3.35. The summed E-state index contributed by atoms with van der Waals surface area (Å²) in [6.07, 6.45) is 1.00. The second kappa shape index (κ2) is 9.25. The Hall–Kier alpha value is -2.28. The van der Waals surface area contributed by atoms with Crippen molar-refractivity contribution in [2.75, 3.05) is 51.8 Å². The van der Waals surface area contributed by atoms with Gasteiger partial charge in [-0.25, -0.2) is 0 Å². The number of piperazine rings is 1. The summed E-state index contributed by atoms with van der Waals surface area (Å²) in [5.41, 5.74) is 4.20. The van der Waals surface area contributed by atoms with Gasteiger partial charge in [0.15, 0.2) is 0 Å². The molecular formula is C23H28ClN3O3. The van der Waals surface area contributed by atoms with Crippen LogP contribution in [-0.4, -0.2) is 62.1 Å². The van der Waals surface area contributed by atoms with E-state index in [1.165, 1.54) is 11.1 Å². The van der Waals surface area contributed by atoms with Gasteiger partial charge in [-0.2, -0.15) is 0 Å². The second-order valence-corrected chi connectivity index (χ2v) is 8.35. The molecule has 1 amide bonds. The van der Waals surface area contributed by atoms with Crippen molar-refractivity contribution in [2.45, 2.75) is 19.9 Å². The number of amides is 1. The van der Waals surface area contributed by atoms with Gasteiger partial charge in [-0.05, 0) is 35.7 Å². The Bertz CT molecular complexity index is 926. The molecule has 2 aromatic rings. The number of fused-ring (bicyclic) bond motifs is 1. The van der Waals surface area contributed by atoms with Crippen LogP contribution in [0.1, 0.15) is 16.7 Å². The summed E-state index contributed by atoms with van der Waals surface area (Å²) in [6.45, 7) is 7.65. The Morgan fingerprint density at radius 3 is 2.70 bits per heavy atom. The maximum atomic E-state index is 12.6. The molecule has 30 heavy (non-hydrogen) atoms. The Balaban J connectivity index is 1.26. The van der Waals surface area contributed by atoms with Gasteiger partial charge in [0, 0.05) is 50.2 Å². The van der Waals surface area contributed by atoms with E-state index < -0.39 is 0 Å². The number of carbonyl (C=O) groups is 1. The predicted molar refractivity (Wildman–Crippen MR) is 119 cm³/mol. The topological polar surface area (TPSA) is 54.0 Å². The maximum absolute atomic E-state index is 12.6. The van der Waals surface area contributed by atoms with Crippen LogP contribution in [-0.2, 0) is 17.8 Å². The Kier molecular flexibility index (Phi) is 6.46. The highest BCUT2D eigenvalue weighted by Gasteiger charge is 2.21. The number of benzene rings is 2. The van der Waals surface area contributed by atoms with E-state index in [0.29, 0.717) is 23.0 Å². The van der Waals surface area contributed by atoms with E-state index in [9.17, 15) is 4.79 Å². The minimum absolute atomic E-state index is 0.0397. The van der Waals surface area contributed by atoms with Crippen LogP contribution >= 0.6 is 11.6 Å². The molecule has 0 radical (unpaired) electrons. The molecule has 0 aromatic heterocycles. The number of hydrogen-bond acceptors (Lipinski definition) is 5. The standard InChI is InChI=1S/C23H28ClN3O3/c1-16-11-20(22(29-2)13-19(16)24)25-23(28)15-27-8-6-26(7-9-27)14-17-3-4-21-18(12-17)5-10-30-21/h3-4,11-13H,5-10,14-15H2,1-2H3,(H,25,28). The number of rotatable bonds is 6. The Morgan fingerprint density at radius 2 is 1.93 bits per heavy atom. The number of nitrogens with one attached hydrogen (secondary N) is 1. The second-order valence-electron chi connectivity index (χ2n) is 7.94. The molecule has 160 valence electrons. The van der Waals surface area contributed by atoms with Gasteiger partial charge in [0.05, 0.1) is 25.9 Å². The van der Waals surface area contributed by atoms with E-state index in [1.807, 2.05) is 13.0 Å². The van der Waals surface area contributed by atoms with Crippen LogP contribution in [0, 0.1) is 6.92 Å². The van der Waals surface area contributed by atoms with E-state index in [2.05, 4.69) is 33.3 Å². The van der Waals surface area contributed by atoms with E-state index in [0.717, 1.165) is 57.1 Å². The number of nitrogens with zero attached hydrogens (tertiary/aromatic N) is 2. The summed E-state index contributed by atoms with van der Waals surface area (Å²) >= 11 is 6.14. The quantitative estimate of drug-likeness (QED) is 0.763. The molecular weight excluding hydrogens is 402 g/mol. The third-order valence-corrected chi connectivity index (χ3v) is 6.15. The third-order valence-electron chi connectivity index (χ3n) is 5.75. The zero-order chi connectivity index (χ0) is 21.1. The van der Waals surface area contributed by atoms with E-state index in [4.69, 9.17) is 21.1 Å². The molecule has 0 aliphatic carbocycles. The lowest BCUT2D eigenvalue weighted by atomic mass is 10.1. The first-order valence-electron chi connectivity index (χ1n) is 10.3. The van der Waals surface area contributed by atoms with Gasteiger partial charge in [-0.15, -0.1) is 0 Å². The molecule has 4 rings (SSSR count). The molecule has 0 saturated carbocycles. The van der Waals surface area contributed by atoms with Crippen molar-refractivity contribution in [2.24, 2.45) is 0 Å². The van der Waals surface area contributed by atoms with Gasteiger partial charge in [0.1, 0.15) is 11.5 Å². The average molecular weight is 430 g/mol. The number of methoxy groups -OCH3 is 1. The molecule has 2 aliphatic heterocycles. The number of halogens is 1. The van der Waals surface area contributed by atoms with Crippen LogP contribution in [0.25, 0.3) is 0 Å². The van der Waals surface area contributed by atoms with Gasteiger partial charge >= 0.3 is 0 Å². The maximum Gasteiger partial charge on any atom is 0.238 e. The molecule has 1 saturated heterocycles. The van der Waals surface area contributed by atoms with Gasteiger partial charge in [-0.1, -0.05) is 23.7 Å². The Morgan fingerprint density at radius 1 is 1.17 bits per heavy atom. The van der Waals surface area contributed by atoms with E-state index in [1.54, 1.807) is 13.2 Å². The molecule has 2 aromatic carbocycles. The lowest BCUT2D eigenvalue weighted by molar-refractivity contribution is -0.117. The van der Waals surface area contributed by atoms with Gasteiger partial charge in [0.25, 0.3) is 0 Å². The third kappa shape index (κ3) is 4.89. The van der Waals surface area contributed by atoms with Gasteiger partial charge in [0.2, 0.25) is 5.91 Å². The average Bonchev–Trinajstić information content (AvgIpc) is 3.20. The highest BCUT2D eigenvalue weighted by atomic mass is 35.5. The SMILES string of the molecule is COc1cc(Cl)c(C)cc1NC(=O)CN1CCN(Cc2ccc3c(c2)CCO3)CC1. The highest BCUT2D eigenvalue weighted by molar-refractivity contribution is 6.31. The normalized spacial score (nSPS) is 16.8. The van der Waals surface area contributed by atoms with Crippen LogP contribution in [0.4, 0.5) is 5.69 Å². The number of ether oxygens (including phenoxy) is 2. The minimum atomic E-state index is -0.0397. The Labute approximate surface area is 182 Å². The molecule has 2 heterocycles. The zero-order valence-electron chi connectivity index (χ0n) is 17.5. The van der Waals surface area contributed by atoms with Gasteiger partial charge in [-0.3, -0.25) is 14.6 Å². The van der Waals surface area contributed by atoms with Crippen LogP contribution < -0.4 is 14.8 Å². The molecule has 0 spiro atoms. The van der Waals surface area contributed by atoms with Crippen molar-refractivity contribution < 1.29 is 14.3 Å². The summed E-state index contributed by atoms with van der Waals surface area (Å²) in [7, 11) is 1.57. The molecule has 0 atom stereocenters. The fourth-order valence-corrected chi connectivity index (χ4v) is 4.18. The van der Waals surface area contributed by atoms with E-state index in [-0.39, 0.29) is 5.91 Å². The fraction of sp³-hybridized carbons (Fsp3) is 0.435. The molecule has 1 fully saturated rings. The summed E-state index contributed by atoms with van der Waals surface area (Å²) < 4.78 is 10.9. The van der Waals surface area contributed by atoms with Crippen LogP contribution in [0.5, 0.6) is 11.5 Å². The first kappa shape index (κ1) is 21.0. The van der Waals surface area contributed by atoms with E-state index >= 15 is 0 Å². The first-order valence-corrected chi connectivity index (χ1v) is 10.7. The smallest absolute Gasteiger partial charge is 0.238 e. The molecule has 7 heteroatoms. The summed E-state index contributed by atoms with van der Waals surface area (Å²) in [4.78, 5) is 17.2. The molecule has 0 unspecified atom stereocenters. The number of anilines is 1. The molecule has 2 aliphatic rings. The summed E-state index contributed by atoms with van der Waals surface area (Å²) in [6, 6.07) is 10.1. The van der Waals surface area contributed by atoms with Crippen LogP contribution in [0.15, 0.2) is 30.3 Å². The van der Waals surface area contributed by atoms with Crippen molar-refractivity contribution in [1.82, 2.24) is 9.80 Å². The lowest BCUT2D eigenvalue weighted by Gasteiger charge is -2.34. The highest BCUT2D eigenvalue weighted by Crippen LogP contribution is 2.31. The number of carbonyl (C=O) groups excluding carboxylic acids is 1. The monoisotopic (exact) mass is 429 g/mol. The van der Waals surface area contributed by atoms with Crippen molar-refractivity contribution in [3.8, 4) is 11.5 Å². The molecule has 6 nitrogen and oxygen atoms in total. The van der Waals surface area contributed by atoms with Gasteiger partial charge < -0.3 is 14.8 Å². The number of aryl methyl sites for hydroxylation is 1.